The first-order valence-electron chi connectivity index (χ1n) is 7.53. The second-order valence-corrected chi connectivity index (χ2v) is 5.42. The molecule has 1 heterocycles. The third-order valence-electron chi connectivity index (χ3n) is 3.80. The Morgan fingerprint density at radius 2 is 2.21 bits per heavy atom. The Morgan fingerprint density at radius 3 is 2.79 bits per heavy atom. The van der Waals surface area contributed by atoms with Crippen molar-refractivity contribution >= 4 is 0 Å². The lowest BCUT2D eigenvalue weighted by molar-refractivity contribution is 0.0183. The van der Waals surface area contributed by atoms with Crippen LogP contribution < -0.4 is 5.32 Å². The predicted octanol–water partition coefficient (Wildman–Crippen LogP) is 3.25. The summed E-state index contributed by atoms with van der Waals surface area (Å²) in [6.45, 7) is 8.25. The number of nitrogens with one attached hydrogen (secondary N) is 1. The van der Waals surface area contributed by atoms with Gasteiger partial charge >= 0.3 is 0 Å². The van der Waals surface area contributed by atoms with Crippen LogP contribution in [0.2, 0.25) is 0 Å². The highest BCUT2D eigenvalue weighted by atomic mass is 16.5. The number of pyridine rings is 1. The van der Waals surface area contributed by atoms with E-state index in [1.165, 1.54) is 24.0 Å². The molecule has 2 rings (SSSR count). The Bertz CT molecular complexity index is 390. The zero-order valence-electron chi connectivity index (χ0n) is 12.4. The Kier molecular flexibility index (Phi) is 5.34. The molecule has 1 N–H and O–H groups in total. The van der Waals surface area contributed by atoms with Gasteiger partial charge < -0.3 is 10.1 Å². The Labute approximate surface area is 116 Å². The van der Waals surface area contributed by atoms with Crippen LogP contribution in [0, 0.1) is 12.8 Å². The number of aromatic nitrogens is 1. The van der Waals surface area contributed by atoms with Gasteiger partial charge in [0.1, 0.15) is 0 Å². The summed E-state index contributed by atoms with van der Waals surface area (Å²) in [4.78, 5) is 4.30. The molecule has 1 fully saturated rings. The summed E-state index contributed by atoms with van der Waals surface area (Å²) >= 11 is 0. The van der Waals surface area contributed by atoms with E-state index in [4.69, 9.17) is 4.74 Å². The van der Waals surface area contributed by atoms with Crippen molar-refractivity contribution in [3.8, 4) is 0 Å². The van der Waals surface area contributed by atoms with Crippen molar-refractivity contribution in [3.05, 3.63) is 29.6 Å². The standard InChI is InChI=1S/C16H26N2O/c1-4-9-18-15(14-11-17-10-8-12(14)3)16(19-5-2)13-6-7-13/h8,10-11,13,15-16,18H,4-7,9H2,1-3H3. The number of hydrogen-bond donors (Lipinski definition) is 1. The van der Waals surface area contributed by atoms with Gasteiger partial charge in [0, 0.05) is 19.0 Å². The van der Waals surface area contributed by atoms with Crippen LogP contribution in [0.15, 0.2) is 18.5 Å². The van der Waals surface area contributed by atoms with Gasteiger partial charge in [0.05, 0.1) is 12.1 Å². The van der Waals surface area contributed by atoms with Crippen molar-refractivity contribution in [3.63, 3.8) is 0 Å². The van der Waals surface area contributed by atoms with Crippen LogP contribution in [0.1, 0.15) is 50.3 Å². The fourth-order valence-electron chi connectivity index (χ4n) is 2.63. The highest BCUT2D eigenvalue weighted by molar-refractivity contribution is 5.26. The number of ether oxygens (including phenoxy) is 1. The summed E-state index contributed by atoms with van der Waals surface area (Å²) in [7, 11) is 0. The van der Waals surface area contributed by atoms with E-state index < -0.39 is 0 Å². The molecule has 1 aromatic heterocycles. The summed E-state index contributed by atoms with van der Waals surface area (Å²) < 4.78 is 6.04. The van der Waals surface area contributed by atoms with Gasteiger partial charge in [-0.15, -0.1) is 0 Å². The van der Waals surface area contributed by atoms with E-state index in [2.05, 4.69) is 37.1 Å². The van der Waals surface area contributed by atoms with Gasteiger partial charge in [-0.25, -0.2) is 0 Å². The fraction of sp³-hybridized carbons (Fsp3) is 0.688. The molecular weight excluding hydrogens is 236 g/mol. The third-order valence-corrected chi connectivity index (χ3v) is 3.80. The molecule has 0 aromatic carbocycles. The molecule has 3 nitrogen and oxygen atoms in total. The maximum absolute atomic E-state index is 6.04. The van der Waals surface area contributed by atoms with E-state index >= 15 is 0 Å². The van der Waals surface area contributed by atoms with E-state index in [1.54, 1.807) is 0 Å². The molecule has 106 valence electrons. The summed E-state index contributed by atoms with van der Waals surface area (Å²) in [6.07, 6.45) is 7.89. The molecule has 0 amide bonds. The zero-order valence-corrected chi connectivity index (χ0v) is 12.4. The van der Waals surface area contributed by atoms with E-state index in [0.717, 1.165) is 19.6 Å². The average Bonchev–Trinajstić information content (AvgIpc) is 3.24. The molecule has 19 heavy (non-hydrogen) atoms. The molecule has 0 spiro atoms. The SMILES string of the molecule is CCCNC(c1cnccc1C)C(OCC)C1CC1. The largest absolute Gasteiger partial charge is 0.376 e. The normalized spacial score (nSPS) is 18.3. The van der Waals surface area contributed by atoms with E-state index in [-0.39, 0.29) is 6.04 Å². The molecule has 2 atom stereocenters. The van der Waals surface area contributed by atoms with Crippen molar-refractivity contribution in [1.82, 2.24) is 10.3 Å². The van der Waals surface area contributed by atoms with E-state index in [0.29, 0.717) is 12.0 Å². The highest BCUT2D eigenvalue weighted by Crippen LogP contribution is 2.40. The van der Waals surface area contributed by atoms with Crippen LogP contribution >= 0.6 is 0 Å². The van der Waals surface area contributed by atoms with E-state index in [9.17, 15) is 0 Å². The topological polar surface area (TPSA) is 34.2 Å². The lowest BCUT2D eigenvalue weighted by Gasteiger charge is -2.29. The summed E-state index contributed by atoms with van der Waals surface area (Å²) in [6, 6.07) is 2.37. The Balaban J connectivity index is 2.20. The Hall–Kier alpha value is -0.930. The number of nitrogens with zero attached hydrogens (tertiary/aromatic N) is 1. The van der Waals surface area contributed by atoms with Crippen LogP contribution in [0.5, 0.6) is 0 Å². The maximum atomic E-state index is 6.04. The van der Waals surface area contributed by atoms with Crippen molar-refractivity contribution in [2.45, 2.75) is 52.2 Å². The minimum Gasteiger partial charge on any atom is -0.376 e. The third kappa shape index (κ3) is 3.77. The highest BCUT2D eigenvalue weighted by Gasteiger charge is 2.38. The van der Waals surface area contributed by atoms with Gasteiger partial charge in [0.2, 0.25) is 0 Å². The van der Waals surface area contributed by atoms with E-state index in [1.807, 2.05) is 12.4 Å². The molecule has 0 aliphatic heterocycles. The van der Waals surface area contributed by atoms with Crippen LogP contribution in [0.4, 0.5) is 0 Å². The van der Waals surface area contributed by atoms with Crippen molar-refractivity contribution in [2.24, 2.45) is 5.92 Å². The van der Waals surface area contributed by atoms with Crippen LogP contribution in [-0.4, -0.2) is 24.2 Å². The number of rotatable bonds is 8. The van der Waals surface area contributed by atoms with Crippen LogP contribution in [0.3, 0.4) is 0 Å². The summed E-state index contributed by atoms with van der Waals surface area (Å²) in [5.74, 6) is 0.717. The lowest BCUT2D eigenvalue weighted by atomic mass is 9.96. The van der Waals surface area contributed by atoms with Gasteiger partial charge in [0.25, 0.3) is 0 Å². The summed E-state index contributed by atoms with van der Waals surface area (Å²) in [5, 5.41) is 3.67. The molecular formula is C16H26N2O. The average molecular weight is 262 g/mol. The molecule has 0 radical (unpaired) electrons. The molecule has 0 saturated heterocycles. The minimum absolute atomic E-state index is 0.279. The summed E-state index contributed by atoms with van der Waals surface area (Å²) in [5.41, 5.74) is 2.59. The smallest absolute Gasteiger partial charge is 0.0798 e. The Morgan fingerprint density at radius 1 is 1.42 bits per heavy atom. The first-order valence-corrected chi connectivity index (χ1v) is 7.53. The monoisotopic (exact) mass is 262 g/mol. The first kappa shape index (κ1) is 14.5. The fourth-order valence-corrected chi connectivity index (χ4v) is 2.63. The van der Waals surface area contributed by atoms with Crippen LogP contribution in [-0.2, 0) is 4.74 Å². The minimum atomic E-state index is 0.279. The zero-order chi connectivity index (χ0) is 13.7. The first-order chi connectivity index (χ1) is 9.27. The van der Waals surface area contributed by atoms with Crippen molar-refractivity contribution in [1.29, 1.82) is 0 Å². The second kappa shape index (κ2) is 7.01. The van der Waals surface area contributed by atoms with Crippen LogP contribution in [0.25, 0.3) is 0 Å². The molecule has 0 bridgehead atoms. The quantitative estimate of drug-likeness (QED) is 0.781. The lowest BCUT2D eigenvalue weighted by Crippen LogP contribution is -2.36. The number of hydrogen-bond acceptors (Lipinski definition) is 3. The molecule has 1 aromatic rings. The molecule has 1 aliphatic rings. The predicted molar refractivity (Wildman–Crippen MR) is 78.1 cm³/mol. The molecule has 1 aliphatic carbocycles. The van der Waals surface area contributed by atoms with Gasteiger partial charge in [-0.2, -0.15) is 0 Å². The molecule has 2 unspecified atom stereocenters. The molecule has 3 heteroatoms. The van der Waals surface area contributed by atoms with Gasteiger partial charge in [-0.05, 0) is 62.8 Å². The second-order valence-electron chi connectivity index (χ2n) is 5.42. The molecule has 1 saturated carbocycles. The number of aryl methyl sites for hydroxylation is 1. The van der Waals surface area contributed by atoms with Gasteiger partial charge in [0.15, 0.2) is 0 Å². The van der Waals surface area contributed by atoms with Crippen molar-refractivity contribution in [2.75, 3.05) is 13.2 Å². The van der Waals surface area contributed by atoms with Gasteiger partial charge in [-0.1, -0.05) is 6.92 Å². The van der Waals surface area contributed by atoms with Gasteiger partial charge in [-0.3, -0.25) is 4.98 Å². The maximum Gasteiger partial charge on any atom is 0.0798 e. The van der Waals surface area contributed by atoms with Crippen molar-refractivity contribution < 1.29 is 4.74 Å².